The third-order valence-corrected chi connectivity index (χ3v) is 7.07. The van der Waals surface area contributed by atoms with Gasteiger partial charge in [-0.15, -0.1) is 0 Å². The Morgan fingerprint density at radius 2 is 1.62 bits per heavy atom. The number of aliphatic hydroxyl groups is 1. The molecular weight excluding hydrogens is 268 g/mol. The van der Waals surface area contributed by atoms with Crippen LogP contribution in [0, 0.1) is 23.2 Å². The minimum Gasteiger partial charge on any atom is -0.396 e. The van der Waals surface area contributed by atoms with Gasteiger partial charge in [0.2, 0.25) is 11.6 Å². The molecule has 21 heavy (non-hydrogen) atoms. The molecule has 0 aromatic heterocycles. The normalized spacial score (nSPS) is 53.9. The topological polar surface area (TPSA) is 47.9 Å². The highest BCUT2D eigenvalue weighted by atomic mass is 17.3. The predicted molar refractivity (Wildman–Crippen MR) is 74.9 cm³/mol. The first-order valence-corrected chi connectivity index (χ1v) is 8.86. The molecule has 6 fully saturated rings. The second-order valence-corrected chi connectivity index (χ2v) is 8.46. The molecule has 1 saturated heterocycles. The van der Waals surface area contributed by atoms with Crippen LogP contribution in [-0.4, -0.2) is 23.3 Å². The van der Waals surface area contributed by atoms with Crippen molar-refractivity contribution in [1.29, 1.82) is 0 Å². The molecule has 1 aliphatic heterocycles. The van der Waals surface area contributed by atoms with E-state index in [0.29, 0.717) is 18.4 Å². The zero-order valence-electron chi connectivity index (χ0n) is 12.7. The largest absolute Gasteiger partial charge is 0.396 e. The molecule has 5 aliphatic carbocycles. The summed E-state index contributed by atoms with van der Waals surface area (Å²) in [7, 11) is 0. The van der Waals surface area contributed by atoms with E-state index in [-0.39, 0.29) is 5.41 Å². The van der Waals surface area contributed by atoms with Crippen molar-refractivity contribution in [2.75, 3.05) is 6.61 Å². The van der Waals surface area contributed by atoms with Crippen LogP contribution in [0.2, 0.25) is 0 Å². The molecule has 5 atom stereocenters. The Bertz CT molecular complexity index is 426. The van der Waals surface area contributed by atoms with Crippen molar-refractivity contribution in [2.24, 2.45) is 23.2 Å². The van der Waals surface area contributed by atoms with Gasteiger partial charge in [-0.2, -0.15) is 9.78 Å². The average Bonchev–Trinajstić information content (AvgIpc) is 2.86. The summed E-state index contributed by atoms with van der Waals surface area (Å²) in [6.07, 6.45) is 11.3. The summed E-state index contributed by atoms with van der Waals surface area (Å²) in [5.74, 6) is 0.636. The van der Waals surface area contributed by atoms with Crippen LogP contribution in [0.5, 0.6) is 0 Å². The summed E-state index contributed by atoms with van der Waals surface area (Å²) < 4.78 is 6.62. The van der Waals surface area contributed by atoms with Crippen LogP contribution in [0.1, 0.15) is 64.2 Å². The Balaban J connectivity index is 1.46. The third kappa shape index (κ3) is 1.71. The Labute approximate surface area is 126 Å². The molecule has 4 heteroatoms. The van der Waals surface area contributed by atoms with Crippen LogP contribution in [0.4, 0.5) is 0 Å². The number of aliphatic hydroxyl groups excluding tert-OH is 1. The van der Waals surface area contributed by atoms with Gasteiger partial charge in [-0.1, -0.05) is 6.42 Å². The van der Waals surface area contributed by atoms with E-state index in [1.165, 1.54) is 38.5 Å². The standard InChI is InChI=1S/C17H26O4/c18-11-15-8-12-6-13(9-15)17(14(7-12)10-15)19-16(20-21-17)4-2-1-3-5-16/h12-14,18H,1-11H2/t12?,13-,14+,15?,17?. The van der Waals surface area contributed by atoms with E-state index in [1.807, 2.05) is 0 Å². The van der Waals surface area contributed by atoms with E-state index in [1.54, 1.807) is 0 Å². The first-order chi connectivity index (χ1) is 10.2. The number of ether oxygens (including phenoxy) is 1. The van der Waals surface area contributed by atoms with Crippen LogP contribution in [-0.2, 0) is 14.5 Å². The lowest BCUT2D eigenvalue weighted by Crippen LogP contribution is -2.63. The summed E-state index contributed by atoms with van der Waals surface area (Å²) in [4.78, 5) is 11.8. The molecule has 2 spiro atoms. The summed E-state index contributed by atoms with van der Waals surface area (Å²) >= 11 is 0. The van der Waals surface area contributed by atoms with Gasteiger partial charge in [0.25, 0.3) is 0 Å². The maximum absolute atomic E-state index is 9.89. The predicted octanol–water partition coefficient (Wildman–Crippen LogP) is 3.14. The van der Waals surface area contributed by atoms with Gasteiger partial charge in [-0.3, -0.25) is 0 Å². The molecule has 1 N–H and O–H groups in total. The summed E-state index contributed by atoms with van der Waals surface area (Å²) in [6.45, 7) is 0.332. The van der Waals surface area contributed by atoms with Gasteiger partial charge in [0, 0.05) is 31.3 Å². The van der Waals surface area contributed by atoms with Gasteiger partial charge in [0.1, 0.15) is 0 Å². The van der Waals surface area contributed by atoms with Crippen molar-refractivity contribution in [3.05, 3.63) is 0 Å². The second-order valence-electron chi connectivity index (χ2n) is 8.46. The maximum atomic E-state index is 9.89. The summed E-state index contributed by atoms with van der Waals surface area (Å²) in [5.41, 5.74) is 0.150. The van der Waals surface area contributed by atoms with Crippen molar-refractivity contribution < 1.29 is 19.6 Å². The molecule has 3 unspecified atom stereocenters. The van der Waals surface area contributed by atoms with E-state index in [4.69, 9.17) is 14.5 Å². The first kappa shape index (κ1) is 13.3. The smallest absolute Gasteiger partial charge is 0.210 e. The fourth-order valence-corrected chi connectivity index (χ4v) is 6.33. The molecule has 118 valence electrons. The highest BCUT2D eigenvalue weighted by Gasteiger charge is 2.69. The monoisotopic (exact) mass is 294 g/mol. The van der Waals surface area contributed by atoms with Gasteiger partial charge in [0.15, 0.2) is 0 Å². The van der Waals surface area contributed by atoms with Gasteiger partial charge in [-0.05, 0) is 56.3 Å². The Morgan fingerprint density at radius 1 is 0.905 bits per heavy atom. The fraction of sp³-hybridized carbons (Fsp3) is 1.00. The zero-order valence-corrected chi connectivity index (χ0v) is 12.7. The average molecular weight is 294 g/mol. The summed E-state index contributed by atoms with van der Waals surface area (Å²) in [6, 6.07) is 0. The Morgan fingerprint density at radius 3 is 2.29 bits per heavy atom. The van der Waals surface area contributed by atoms with Crippen LogP contribution < -0.4 is 0 Å². The lowest BCUT2D eigenvalue weighted by Gasteiger charge is -2.61. The molecule has 0 aromatic carbocycles. The molecule has 5 saturated carbocycles. The lowest BCUT2D eigenvalue weighted by atomic mass is 9.47. The number of hydrogen-bond acceptors (Lipinski definition) is 4. The molecule has 0 radical (unpaired) electrons. The number of rotatable bonds is 1. The van der Waals surface area contributed by atoms with Crippen molar-refractivity contribution in [1.82, 2.24) is 0 Å². The molecule has 4 nitrogen and oxygen atoms in total. The van der Waals surface area contributed by atoms with Crippen LogP contribution in [0.25, 0.3) is 0 Å². The Hall–Kier alpha value is -0.160. The molecule has 4 bridgehead atoms. The van der Waals surface area contributed by atoms with Gasteiger partial charge >= 0.3 is 0 Å². The first-order valence-electron chi connectivity index (χ1n) is 8.86. The third-order valence-electron chi connectivity index (χ3n) is 7.07. The molecule has 1 heterocycles. The van der Waals surface area contributed by atoms with Gasteiger partial charge in [0.05, 0.1) is 0 Å². The van der Waals surface area contributed by atoms with Crippen molar-refractivity contribution >= 4 is 0 Å². The fourth-order valence-electron chi connectivity index (χ4n) is 6.33. The zero-order chi connectivity index (χ0) is 14.1. The van der Waals surface area contributed by atoms with E-state index < -0.39 is 11.6 Å². The minimum atomic E-state index is -0.493. The maximum Gasteiger partial charge on any atom is 0.210 e. The van der Waals surface area contributed by atoms with Crippen molar-refractivity contribution in [3.63, 3.8) is 0 Å². The van der Waals surface area contributed by atoms with E-state index in [9.17, 15) is 5.11 Å². The Kier molecular flexibility index (Phi) is 2.67. The quantitative estimate of drug-likeness (QED) is 0.755. The van der Waals surface area contributed by atoms with Crippen molar-refractivity contribution in [2.45, 2.75) is 75.8 Å². The van der Waals surface area contributed by atoms with Gasteiger partial charge < -0.3 is 9.84 Å². The van der Waals surface area contributed by atoms with Crippen LogP contribution >= 0.6 is 0 Å². The highest BCUT2D eigenvalue weighted by Crippen LogP contribution is 2.67. The minimum absolute atomic E-state index is 0.150. The molecule has 0 amide bonds. The molecule has 0 aromatic rings. The van der Waals surface area contributed by atoms with E-state index in [2.05, 4.69) is 0 Å². The highest BCUT2D eigenvalue weighted by molar-refractivity contribution is 5.10. The molecule has 6 rings (SSSR count). The molecule has 6 aliphatic rings. The van der Waals surface area contributed by atoms with Crippen LogP contribution in [0.15, 0.2) is 0 Å². The van der Waals surface area contributed by atoms with E-state index >= 15 is 0 Å². The molecular formula is C17H26O4. The second kappa shape index (κ2) is 4.22. The lowest BCUT2D eigenvalue weighted by molar-refractivity contribution is -0.395. The van der Waals surface area contributed by atoms with Crippen molar-refractivity contribution in [3.8, 4) is 0 Å². The summed E-state index contributed by atoms with van der Waals surface area (Å²) in [5, 5.41) is 9.89. The van der Waals surface area contributed by atoms with Gasteiger partial charge in [-0.25, -0.2) is 0 Å². The van der Waals surface area contributed by atoms with E-state index in [0.717, 1.165) is 31.6 Å². The SMILES string of the molecule is OCC12CC3C[C@H](C1)C1(OOC4(CCCCC4)O1)[C@@H](C3)C2. The number of hydrogen-bond donors (Lipinski definition) is 1. The van der Waals surface area contributed by atoms with Crippen LogP contribution in [0.3, 0.4) is 0 Å².